The van der Waals surface area contributed by atoms with Gasteiger partial charge in [-0.05, 0) is 24.2 Å². The van der Waals surface area contributed by atoms with E-state index in [-0.39, 0.29) is 11.8 Å². The van der Waals surface area contributed by atoms with E-state index in [4.69, 9.17) is 17.0 Å². The van der Waals surface area contributed by atoms with Crippen molar-refractivity contribution in [3.63, 3.8) is 0 Å². The lowest BCUT2D eigenvalue weighted by Gasteiger charge is -2.27. The van der Waals surface area contributed by atoms with Crippen molar-refractivity contribution in [2.45, 2.75) is 25.5 Å². The van der Waals surface area contributed by atoms with E-state index in [2.05, 4.69) is 4.74 Å². The molecule has 0 spiro atoms. The van der Waals surface area contributed by atoms with Gasteiger partial charge in [0.1, 0.15) is 6.61 Å². The van der Waals surface area contributed by atoms with Crippen LogP contribution in [-0.2, 0) is 19.1 Å². The second-order valence-electron chi connectivity index (χ2n) is 5.19. The van der Waals surface area contributed by atoms with Gasteiger partial charge in [0.25, 0.3) is 5.17 Å². The van der Waals surface area contributed by atoms with E-state index < -0.39 is 29.9 Å². The summed E-state index contributed by atoms with van der Waals surface area (Å²) in [5.41, 5.74) is 0.633. The third kappa shape index (κ3) is 3.51. The number of aliphatic hydroxyl groups excluding tert-OH is 1. The van der Waals surface area contributed by atoms with Crippen molar-refractivity contribution in [1.82, 2.24) is 4.90 Å². The zero-order chi connectivity index (χ0) is 17.0. The van der Waals surface area contributed by atoms with Crippen molar-refractivity contribution in [3.8, 4) is 0 Å². The van der Waals surface area contributed by atoms with Gasteiger partial charge in [0.05, 0.1) is 19.1 Å². The van der Waals surface area contributed by atoms with Gasteiger partial charge in [0.2, 0.25) is 5.91 Å². The van der Waals surface area contributed by atoms with Gasteiger partial charge in [-0.1, -0.05) is 37.3 Å². The Kier molecular flexibility index (Phi) is 5.68. The maximum Gasteiger partial charge on any atom is 0.332 e. The van der Waals surface area contributed by atoms with Gasteiger partial charge in [-0.2, -0.15) is 0 Å². The number of rotatable bonds is 5. The Labute approximate surface area is 140 Å². The highest BCUT2D eigenvalue weighted by molar-refractivity contribution is 7.80. The Morgan fingerprint density at radius 1 is 1.43 bits per heavy atom. The monoisotopic (exact) mass is 337 g/mol. The lowest BCUT2D eigenvalue weighted by Crippen LogP contribution is -2.47. The molecule has 6 nitrogen and oxygen atoms in total. The normalized spacial score (nSPS) is 19.9. The summed E-state index contributed by atoms with van der Waals surface area (Å²) in [6.07, 6.45) is -0.600. The Balaban J connectivity index is 2.24. The number of carbonyl (C=O) groups excluding carboxylic acids is 2. The fourth-order valence-electron chi connectivity index (χ4n) is 2.57. The topological polar surface area (TPSA) is 76.1 Å². The molecule has 0 bridgehead atoms. The van der Waals surface area contributed by atoms with Crippen molar-refractivity contribution in [2.24, 2.45) is 5.92 Å². The van der Waals surface area contributed by atoms with Crippen LogP contribution < -0.4 is 0 Å². The summed E-state index contributed by atoms with van der Waals surface area (Å²) in [6.45, 7) is 1.76. The molecule has 1 amide bonds. The largest absolute Gasteiger partial charge is 0.468 e. The van der Waals surface area contributed by atoms with Crippen LogP contribution in [0.1, 0.15) is 25.0 Å². The lowest BCUT2D eigenvalue weighted by molar-refractivity contribution is -0.151. The second-order valence-corrected chi connectivity index (χ2v) is 5.54. The van der Waals surface area contributed by atoms with E-state index in [1.807, 2.05) is 6.07 Å². The highest BCUT2D eigenvalue weighted by atomic mass is 32.1. The minimum atomic E-state index is -0.990. The van der Waals surface area contributed by atoms with Crippen molar-refractivity contribution in [2.75, 3.05) is 13.7 Å². The van der Waals surface area contributed by atoms with Gasteiger partial charge in [0.15, 0.2) is 6.04 Å². The number of ether oxygens (including phenoxy) is 2. The molecule has 0 aromatic heterocycles. The zero-order valence-electron chi connectivity index (χ0n) is 13.0. The van der Waals surface area contributed by atoms with Crippen molar-refractivity contribution in [3.05, 3.63) is 35.9 Å². The summed E-state index contributed by atoms with van der Waals surface area (Å²) in [6, 6.07) is 7.99. The molecule has 0 aliphatic carbocycles. The quantitative estimate of drug-likeness (QED) is 0.647. The minimum absolute atomic E-state index is 0.0326. The molecule has 124 valence electrons. The molecule has 1 heterocycles. The summed E-state index contributed by atoms with van der Waals surface area (Å²) >= 11 is 5.02. The Morgan fingerprint density at radius 2 is 2.09 bits per heavy atom. The summed E-state index contributed by atoms with van der Waals surface area (Å²) in [5.74, 6) is -1.77. The Bertz CT molecular complexity index is 591. The number of aliphatic hydroxyl groups is 1. The van der Waals surface area contributed by atoms with Crippen LogP contribution in [0.25, 0.3) is 0 Å². The fourth-order valence-corrected chi connectivity index (χ4v) is 2.85. The molecule has 0 saturated carbocycles. The van der Waals surface area contributed by atoms with Crippen LogP contribution in [0, 0.1) is 5.92 Å². The molecule has 3 atom stereocenters. The number of esters is 1. The van der Waals surface area contributed by atoms with Crippen LogP contribution in [0.2, 0.25) is 0 Å². The number of hydrogen-bond acceptors (Lipinski definition) is 6. The molecule has 23 heavy (non-hydrogen) atoms. The van der Waals surface area contributed by atoms with E-state index in [0.29, 0.717) is 12.0 Å². The standard InChI is InChI=1S/C16H19NO5S/c1-3-11(13(18)10-7-5-4-6-8-10)14(19)17-12(15(20)21-2)9-22-16(17)23/h4-8,11-13,18H,3,9H2,1-2H3/t11-,12+,13+/m0/s1. The smallest absolute Gasteiger partial charge is 0.332 e. The van der Waals surface area contributed by atoms with E-state index in [9.17, 15) is 14.7 Å². The predicted molar refractivity (Wildman–Crippen MR) is 86.4 cm³/mol. The molecule has 2 rings (SSSR count). The first-order valence-electron chi connectivity index (χ1n) is 7.31. The molecular formula is C16H19NO5S. The van der Waals surface area contributed by atoms with E-state index >= 15 is 0 Å². The van der Waals surface area contributed by atoms with Gasteiger partial charge in [-0.15, -0.1) is 0 Å². The maximum absolute atomic E-state index is 12.8. The Morgan fingerprint density at radius 3 is 2.65 bits per heavy atom. The molecule has 0 radical (unpaired) electrons. The first-order valence-corrected chi connectivity index (χ1v) is 7.72. The molecule has 1 N–H and O–H groups in total. The molecule has 7 heteroatoms. The van der Waals surface area contributed by atoms with Gasteiger partial charge in [0, 0.05) is 0 Å². The molecule has 1 aromatic rings. The summed E-state index contributed by atoms with van der Waals surface area (Å²) in [7, 11) is 1.24. The predicted octanol–water partition coefficient (Wildman–Crippen LogP) is 1.43. The summed E-state index contributed by atoms with van der Waals surface area (Å²) in [5, 5.41) is 10.5. The average molecular weight is 337 g/mol. The highest BCUT2D eigenvalue weighted by Crippen LogP contribution is 2.29. The Hall–Kier alpha value is -1.99. The number of nitrogens with zero attached hydrogens (tertiary/aromatic N) is 1. The van der Waals surface area contributed by atoms with E-state index in [1.54, 1.807) is 31.2 Å². The van der Waals surface area contributed by atoms with E-state index in [1.165, 1.54) is 7.11 Å². The van der Waals surface area contributed by atoms with Crippen LogP contribution in [0.5, 0.6) is 0 Å². The molecule has 0 unspecified atom stereocenters. The molecule has 1 aliphatic heterocycles. The zero-order valence-corrected chi connectivity index (χ0v) is 13.8. The molecule has 1 aliphatic rings. The number of carbonyl (C=O) groups is 2. The maximum atomic E-state index is 12.8. The number of thiocarbonyl (C=S) groups is 1. The number of methoxy groups -OCH3 is 1. The highest BCUT2D eigenvalue weighted by Gasteiger charge is 2.44. The number of benzene rings is 1. The van der Waals surface area contributed by atoms with Crippen LogP contribution in [0.4, 0.5) is 0 Å². The number of amides is 1. The van der Waals surface area contributed by atoms with Crippen molar-refractivity contribution < 1.29 is 24.2 Å². The molecular weight excluding hydrogens is 318 g/mol. The van der Waals surface area contributed by atoms with Crippen LogP contribution in [0.3, 0.4) is 0 Å². The second kappa shape index (κ2) is 7.52. The van der Waals surface area contributed by atoms with Crippen LogP contribution in [0.15, 0.2) is 30.3 Å². The first kappa shape index (κ1) is 17.4. The average Bonchev–Trinajstić information content (AvgIpc) is 2.96. The van der Waals surface area contributed by atoms with Crippen LogP contribution in [-0.4, -0.2) is 46.8 Å². The SMILES string of the molecule is CC[C@H](C(=O)N1C(=S)OC[C@@H]1C(=O)OC)[C@H](O)c1ccccc1. The van der Waals surface area contributed by atoms with Gasteiger partial charge in [-0.25, -0.2) is 4.79 Å². The van der Waals surface area contributed by atoms with Gasteiger partial charge >= 0.3 is 5.97 Å². The summed E-state index contributed by atoms with van der Waals surface area (Å²) in [4.78, 5) is 25.7. The first-order chi connectivity index (χ1) is 11.0. The molecule has 1 aromatic carbocycles. The third-order valence-electron chi connectivity index (χ3n) is 3.86. The lowest BCUT2D eigenvalue weighted by atomic mass is 9.92. The molecule has 1 saturated heterocycles. The van der Waals surface area contributed by atoms with Gasteiger partial charge < -0.3 is 14.6 Å². The van der Waals surface area contributed by atoms with E-state index in [0.717, 1.165) is 4.90 Å². The minimum Gasteiger partial charge on any atom is -0.468 e. The van der Waals surface area contributed by atoms with Crippen molar-refractivity contribution >= 4 is 29.3 Å². The van der Waals surface area contributed by atoms with Crippen LogP contribution >= 0.6 is 12.2 Å². The number of hydrogen-bond donors (Lipinski definition) is 1. The fraction of sp³-hybridized carbons (Fsp3) is 0.438. The molecule has 1 fully saturated rings. The third-order valence-corrected chi connectivity index (χ3v) is 4.18. The summed E-state index contributed by atoms with van der Waals surface area (Å²) < 4.78 is 9.84. The van der Waals surface area contributed by atoms with Crippen molar-refractivity contribution in [1.29, 1.82) is 0 Å². The van der Waals surface area contributed by atoms with Gasteiger partial charge in [-0.3, -0.25) is 9.69 Å².